The Kier molecular flexibility index (Phi) is 6.20. The maximum Gasteiger partial charge on any atom is 0.252 e. The van der Waals surface area contributed by atoms with Crippen LogP contribution >= 0.6 is 0 Å². The largest absolute Gasteiger partial charge is 0.365 e. The number of imidazole rings is 1. The van der Waals surface area contributed by atoms with E-state index in [1.807, 2.05) is 6.07 Å². The molecule has 1 aromatic heterocycles. The molecule has 2 amide bonds. The number of fused-ring (bicyclic) bond motifs is 1. The molecule has 2 aliphatic heterocycles. The van der Waals surface area contributed by atoms with Crippen LogP contribution in [0.3, 0.4) is 0 Å². The topological polar surface area (TPSA) is 93.5 Å². The number of ketones is 1. The van der Waals surface area contributed by atoms with E-state index in [-0.39, 0.29) is 30.8 Å². The molecular weight excluding hydrogens is 439 g/mol. The highest BCUT2D eigenvalue weighted by atomic mass is 19.1. The third kappa shape index (κ3) is 4.24. The molecular formula is C25H29FN4O4. The Labute approximate surface area is 197 Å². The molecule has 0 spiro atoms. The lowest BCUT2D eigenvalue weighted by atomic mass is 9.78. The second-order valence-corrected chi connectivity index (χ2v) is 9.68. The first-order chi connectivity index (χ1) is 16.4. The van der Waals surface area contributed by atoms with Gasteiger partial charge in [0.2, 0.25) is 5.91 Å². The van der Waals surface area contributed by atoms with E-state index in [1.54, 1.807) is 41.5 Å². The van der Waals surface area contributed by atoms with Gasteiger partial charge in [0.25, 0.3) is 5.91 Å². The van der Waals surface area contributed by atoms with Crippen molar-refractivity contribution >= 4 is 17.6 Å². The smallest absolute Gasteiger partial charge is 0.252 e. The highest BCUT2D eigenvalue weighted by Gasteiger charge is 2.54. The Morgan fingerprint density at radius 3 is 2.76 bits per heavy atom. The number of hydrogen-bond donors (Lipinski definition) is 1. The van der Waals surface area contributed by atoms with Gasteiger partial charge in [0.05, 0.1) is 12.9 Å². The number of amides is 2. The number of aromatic nitrogens is 2. The number of halogens is 1. The minimum Gasteiger partial charge on any atom is -0.365 e. The average molecular weight is 469 g/mol. The summed E-state index contributed by atoms with van der Waals surface area (Å²) in [5.41, 5.74) is 1.19. The monoisotopic (exact) mass is 468 g/mol. The summed E-state index contributed by atoms with van der Waals surface area (Å²) in [5.74, 6) is -0.563. The van der Waals surface area contributed by atoms with Crippen LogP contribution in [0.5, 0.6) is 0 Å². The van der Waals surface area contributed by atoms with Crippen molar-refractivity contribution < 1.29 is 23.5 Å². The summed E-state index contributed by atoms with van der Waals surface area (Å²) in [7, 11) is 0. The number of rotatable bonds is 5. The summed E-state index contributed by atoms with van der Waals surface area (Å²) in [6.45, 7) is 1.81. The van der Waals surface area contributed by atoms with Crippen LogP contribution in [0.1, 0.15) is 43.0 Å². The minimum atomic E-state index is -1.41. The van der Waals surface area contributed by atoms with Gasteiger partial charge in [-0.05, 0) is 42.9 Å². The molecule has 3 fully saturated rings. The fourth-order valence-corrected chi connectivity index (χ4v) is 5.45. The SMILES string of the molecule is C[C@H]1CC[C@H](C(NC(=O)c2cccc(-n3ccnc3)c2)C(=O)N2C[C@H](F)[C@H]3OCC(=O)[C@H]32)CC1. The first-order valence-electron chi connectivity index (χ1n) is 11.9. The summed E-state index contributed by atoms with van der Waals surface area (Å²) in [4.78, 5) is 44.7. The predicted molar refractivity (Wildman–Crippen MR) is 121 cm³/mol. The van der Waals surface area contributed by atoms with Crippen LogP contribution in [0, 0.1) is 11.8 Å². The number of nitrogens with one attached hydrogen (secondary N) is 1. The summed E-state index contributed by atoms with van der Waals surface area (Å²) in [5, 5.41) is 2.95. The van der Waals surface area contributed by atoms with Gasteiger partial charge in [-0.3, -0.25) is 14.4 Å². The maximum atomic E-state index is 14.6. The molecule has 3 heterocycles. The predicted octanol–water partition coefficient (Wildman–Crippen LogP) is 2.31. The highest BCUT2D eigenvalue weighted by molar-refractivity contribution is 5.99. The number of benzene rings is 1. The molecule has 3 aliphatic rings. The van der Waals surface area contributed by atoms with Gasteiger partial charge in [-0.25, -0.2) is 9.37 Å². The molecule has 0 radical (unpaired) electrons. The van der Waals surface area contributed by atoms with Crippen molar-refractivity contribution in [3.8, 4) is 5.69 Å². The van der Waals surface area contributed by atoms with E-state index < -0.39 is 30.3 Å². The van der Waals surface area contributed by atoms with Crippen molar-refractivity contribution in [3.05, 3.63) is 48.5 Å². The Morgan fingerprint density at radius 1 is 1.24 bits per heavy atom. The van der Waals surface area contributed by atoms with Gasteiger partial charge < -0.3 is 19.5 Å². The van der Waals surface area contributed by atoms with Gasteiger partial charge in [0.15, 0.2) is 5.78 Å². The van der Waals surface area contributed by atoms with E-state index in [0.717, 1.165) is 31.4 Å². The Morgan fingerprint density at radius 2 is 2.03 bits per heavy atom. The standard InChI is InChI=1S/C25H29FN4O4/c1-15-5-7-16(8-6-15)21(25(33)30-12-19(26)23-22(30)20(31)13-34-23)28-24(32)17-3-2-4-18(11-17)29-10-9-27-14-29/h2-4,9-11,14-16,19,21-23H,5-8,12-13H2,1H3,(H,28,32)/t15-,16-,19-,21?,22+,23+/m0/s1. The molecule has 34 heavy (non-hydrogen) atoms. The van der Waals surface area contributed by atoms with Gasteiger partial charge in [-0.15, -0.1) is 0 Å². The van der Waals surface area contributed by atoms with E-state index in [2.05, 4.69) is 17.2 Å². The molecule has 1 unspecified atom stereocenters. The normalized spacial score (nSPS) is 29.6. The summed E-state index contributed by atoms with van der Waals surface area (Å²) in [6, 6.07) is 5.33. The second kappa shape index (κ2) is 9.29. The molecule has 0 bridgehead atoms. The van der Waals surface area contributed by atoms with E-state index in [9.17, 15) is 18.8 Å². The third-order valence-corrected chi connectivity index (χ3v) is 7.40. The maximum absolute atomic E-state index is 14.6. The molecule has 1 N–H and O–H groups in total. The van der Waals surface area contributed by atoms with Crippen molar-refractivity contribution in [3.63, 3.8) is 0 Å². The molecule has 5 rings (SSSR count). The fraction of sp³-hybridized carbons (Fsp3) is 0.520. The van der Waals surface area contributed by atoms with Crippen LogP contribution in [0.25, 0.3) is 5.69 Å². The van der Waals surface area contributed by atoms with Crippen molar-refractivity contribution in [2.75, 3.05) is 13.2 Å². The van der Waals surface area contributed by atoms with Gasteiger partial charge in [-0.2, -0.15) is 0 Å². The van der Waals surface area contributed by atoms with Crippen LogP contribution in [0.15, 0.2) is 43.0 Å². The summed E-state index contributed by atoms with van der Waals surface area (Å²) >= 11 is 0. The second-order valence-electron chi connectivity index (χ2n) is 9.68. The number of hydrogen-bond acceptors (Lipinski definition) is 5. The van der Waals surface area contributed by atoms with Crippen LogP contribution in [-0.2, 0) is 14.3 Å². The van der Waals surface area contributed by atoms with E-state index in [1.165, 1.54) is 4.90 Å². The zero-order chi connectivity index (χ0) is 23.8. The zero-order valence-electron chi connectivity index (χ0n) is 19.1. The van der Waals surface area contributed by atoms with E-state index in [0.29, 0.717) is 11.5 Å². The number of carbonyl (C=O) groups excluding carboxylic acids is 3. The van der Waals surface area contributed by atoms with Crippen molar-refractivity contribution in [2.45, 2.75) is 57.0 Å². The molecule has 1 aromatic carbocycles. The molecule has 2 saturated heterocycles. The Hall–Kier alpha value is -3.07. The van der Waals surface area contributed by atoms with Crippen molar-refractivity contribution in [2.24, 2.45) is 11.8 Å². The number of nitrogens with zero attached hydrogens (tertiary/aromatic N) is 3. The molecule has 8 nitrogen and oxygen atoms in total. The quantitative estimate of drug-likeness (QED) is 0.727. The Balaban J connectivity index is 1.39. The number of alkyl halides is 1. The zero-order valence-corrected chi connectivity index (χ0v) is 19.1. The molecule has 180 valence electrons. The van der Waals surface area contributed by atoms with Crippen LogP contribution < -0.4 is 5.32 Å². The van der Waals surface area contributed by atoms with Crippen LogP contribution in [0.2, 0.25) is 0 Å². The minimum absolute atomic E-state index is 0.0704. The first-order valence-corrected chi connectivity index (χ1v) is 11.9. The van der Waals surface area contributed by atoms with Gasteiger partial charge in [-0.1, -0.05) is 25.8 Å². The first kappa shape index (κ1) is 22.7. The number of Topliss-reactive ketones (excluding diaryl/α,β-unsaturated/α-hetero) is 1. The summed E-state index contributed by atoms with van der Waals surface area (Å²) in [6.07, 6.45) is 6.26. The third-order valence-electron chi connectivity index (χ3n) is 7.40. The number of likely N-dealkylation sites (tertiary alicyclic amines) is 1. The molecule has 1 saturated carbocycles. The van der Waals surface area contributed by atoms with Gasteiger partial charge >= 0.3 is 0 Å². The lowest BCUT2D eigenvalue weighted by molar-refractivity contribution is -0.139. The molecule has 2 aromatic rings. The number of carbonyl (C=O) groups is 3. The number of ether oxygens (including phenoxy) is 1. The van der Waals surface area contributed by atoms with Crippen LogP contribution in [-0.4, -0.2) is 69.6 Å². The van der Waals surface area contributed by atoms with Crippen molar-refractivity contribution in [1.29, 1.82) is 0 Å². The van der Waals surface area contributed by atoms with E-state index in [4.69, 9.17) is 4.74 Å². The van der Waals surface area contributed by atoms with Crippen molar-refractivity contribution in [1.82, 2.24) is 19.8 Å². The lowest BCUT2D eigenvalue weighted by Gasteiger charge is -2.35. The summed E-state index contributed by atoms with van der Waals surface area (Å²) < 4.78 is 21.7. The van der Waals surface area contributed by atoms with Crippen LogP contribution in [0.4, 0.5) is 4.39 Å². The van der Waals surface area contributed by atoms with Gasteiger partial charge in [0.1, 0.15) is 31.0 Å². The lowest BCUT2D eigenvalue weighted by Crippen LogP contribution is -2.55. The molecule has 4 atom stereocenters. The highest BCUT2D eigenvalue weighted by Crippen LogP contribution is 2.34. The Bertz CT molecular complexity index is 1070. The average Bonchev–Trinajstić information content (AvgIpc) is 3.58. The molecule has 9 heteroatoms. The fourth-order valence-electron chi connectivity index (χ4n) is 5.45. The van der Waals surface area contributed by atoms with Gasteiger partial charge in [0, 0.05) is 23.6 Å². The van der Waals surface area contributed by atoms with E-state index >= 15 is 0 Å². The molecule has 1 aliphatic carbocycles.